The highest BCUT2D eigenvalue weighted by Crippen LogP contribution is 2.63. The normalized spacial score (nSPS) is 28.1. The largest absolute Gasteiger partial charge is 0.352 e. The summed E-state index contributed by atoms with van der Waals surface area (Å²) < 4.78 is 19.4. The Morgan fingerprint density at radius 2 is 1.59 bits per heavy atom. The smallest absolute Gasteiger partial charge is 0.329 e. The van der Waals surface area contributed by atoms with Crippen molar-refractivity contribution in [2.75, 3.05) is 18.4 Å². The third-order valence-electron chi connectivity index (χ3n) is 15.6. The number of amides is 5. The van der Waals surface area contributed by atoms with Gasteiger partial charge in [-0.3, -0.25) is 43.7 Å². The molecule has 3 aromatic carbocycles. The van der Waals surface area contributed by atoms with Crippen LogP contribution in [0.4, 0.5) is 10.1 Å². The predicted molar refractivity (Wildman–Crippen MR) is 240 cm³/mol. The summed E-state index contributed by atoms with van der Waals surface area (Å²) in [7, 11) is 1.69. The maximum absolute atomic E-state index is 16.3. The molecular weight excluding hydrogens is 860 g/mol. The van der Waals surface area contributed by atoms with Crippen LogP contribution in [-0.4, -0.2) is 74.3 Å². The number of carbonyl (C=O) groups excluding carboxylic acids is 5. The van der Waals surface area contributed by atoms with Crippen LogP contribution in [0.25, 0.3) is 11.0 Å². The van der Waals surface area contributed by atoms with Crippen molar-refractivity contribution >= 4 is 69.5 Å². The van der Waals surface area contributed by atoms with E-state index in [4.69, 9.17) is 23.2 Å². The molecule has 4 N–H and O–H groups in total. The second-order valence-electron chi connectivity index (χ2n) is 18.9. The summed E-state index contributed by atoms with van der Waals surface area (Å²) in [6, 6.07) is 14.1. The van der Waals surface area contributed by atoms with Crippen LogP contribution in [0.3, 0.4) is 0 Å². The Bertz CT molecular complexity index is 2660. The van der Waals surface area contributed by atoms with Crippen LogP contribution in [0.5, 0.6) is 0 Å². The van der Waals surface area contributed by atoms with Gasteiger partial charge < -0.3 is 15.5 Å². The van der Waals surface area contributed by atoms with Gasteiger partial charge in [0.1, 0.15) is 17.3 Å². The fraction of sp³-hybridized carbons (Fsp3) is 0.500. The molecule has 2 aliphatic carbocycles. The number of nitrogens with zero attached hydrogens (tertiary/aromatic N) is 3. The Kier molecular flexibility index (Phi) is 11.0. The number of carbonyl (C=O) groups is 5. The lowest BCUT2D eigenvalue weighted by Crippen LogP contribution is -2.60. The van der Waals surface area contributed by atoms with Crippen molar-refractivity contribution in [1.82, 2.24) is 30.0 Å². The maximum Gasteiger partial charge on any atom is 0.329 e. The molecule has 1 unspecified atom stereocenters. The number of halogens is 3. The molecule has 10 rings (SSSR count). The molecule has 64 heavy (non-hydrogen) atoms. The van der Waals surface area contributed by atoms with E-state index in [0.717, 1.165) is 43.2 Å². The van der Waals surface area contributed by atoms with Gasteiger partial charge in [-0.2, -0.15) is 0 Å². The Morgan fingerprint density at radius 3 is 2.33 bits per heavy atom. The van der Waals surface area contributed by atoms with Gasteiger partial charge in [0.15, 0.2) is 0 Å². The summed E-state index contributed by atoms with van der Waals surface area (Å²) in [5.74, 6) is -2.79. The monoisotopic (exact) mass is 911 g/mol. The molecule has 16 heteroatoms. The van der Waals surface area contributed by atoms with E-state index in [1.165, 1.54) is 10.6 Å². The third-order valence-corrected chi connectivity index (χ3v) is 16.2. The second-order valence-corrected chi connectivity index (χ2v) is 19.8. The molecule has 5 heterocycles. The van der Waals surface area contributed by atoms with E-state index in [2.05, 4.69) is 21.3 Å². The number of aromatic nitrogens is 2. The maximum atomic E-state index is 16.3. The van der Waals surface area contributed by atoms with Gasteiger partial charge in [0, 0.05) is 60.7 Å². The zero-order valence-corrected chi connectivity index (χ0v) is 37.2. The Hall–Kier alpha value is -5.05. The number of nitrogens with one attached hydrogen (secondary N) is 4. The first-order valence-corrected chi connectivity index (χ1v) is 23.5. The molecule has 5 fully saturated rings. The highest BCUT2D eigenvalue weighted by molar-refractivity contribution is 6.31. The fourth-order valence-corrected chi connectivity index (χ4v) is 12.9. The van der Waals surface area contributed by atoms with Gasteiger partial charge in [-0.05, 0) is 111 Å². The lowest BCUT2D eigenvalue weighted by Gasteiger charge is -2.47. The van der Waals surface area contributed by atoms with Crippen LogP contribution in [0.2, 0.25) is 10.0 Å². The van der Waals surface area contributed by atoms with Gasteiger partial charge in [0.25, 0.3) is 0 Å². The highest BCUT2D eigenvalue weighted by atomic mass is 35.5. The summed E-state index contributed by atoms with van der Waals surface area (Å²) in [4.78, 5) is 83.1. The Morgan fingerprint density at radius 1 is 0.844 bits per heavy atom. The molecule has 4 aliphatic heterocycles. The number of imidazole rings is 1. The van der Waals surface area contributed by atoms with Crippen molar-refractivity contribution in [3.8, 4) is 0 Å². The Labute approximate surface area is 379 Å². The zero-order valence-electron chi connectivity index (χ0n) is 35.7. The average molecular weight is 913 g/mol. The molecule has 4 aromatic rings. The van der Waals surface area contributed by atoms with Gasteiger partial charge in [0.2, 0.25) is 29.5 Å². The number of anilines is 1. The van der Waals surface area contributed by atoms with E-state index in [1.54, 1.807) is 35.9 Å². The topological polar surface area (TPSA) is 164 Å². The fourth-order valence-electron chi connectivity index (χ4n) is 12.5. The molecule has 3 saturated heterocycles. The molecule has 1 aromatic heterocycles. The van der Waals surface area contributed by atoms with Crippen molar-refractivity contribution in [1.29, 1.82) is 0 Å². The molecule has 5 amide bonds. The van der Waals surface area contributed by atoms with Crippen molar-refractivity contribution in [2.45, 2.75) is 124 Å². The lowest BCUT2D eigenvalue weighted by molar-refractivity contribution is -0.138. The molecule has 0 bridgehead atoms. The van der Waals surface area contributed by atoms with Gasteiger partial charge >= 0.3 is 5.69 Å². The van der Waals surface area contributed by atoms with Crippen molar-refractivity contribution < 1.29 is 28.4 Å². The van der Waals surface area contributed by atoms with Gasteiger partial charge in [0.05, 0.1) is 22.1 Å². The van der Waals surface area contributed by atoms with Crippen molar-refractivity contribution in [3.05, 3.63) is 97.6 Å². The van der Waals surface area contributed by atoms with Crippen molar-refractivity contribution in [2.24, 2.45) is 13.0 Å². The number of piperidine rings is 2. The molecule has 6 aliphatic rings. The number of likely N-dealkylation sites (tertiary alicyclic amines) is 1. The number of fused-ring (bicyclic) bond motifs is 4. The van der Waals surface area contributed by atoms with Crippen LogP contribution < -0.4 is 27.0 Å². The first-order valence-electron chi connectivity index (χ1n) is 22.8. The molecule has 13 nitrogen and oxygen atoms in total. The summed E-state index contributed by atoms with van der Waals surface area (Å²) in [5, 5.41) is 12.8. The highest BCUT2D eigenvalue weighted by Gasteiger charge is 2.72. The van der Waals surface area contributed by atoms with E-state index in [9.17, 15) is 28.8 Å². The SMILES string of the molecule is Cn1c(=O)n(C2CCC(=O)NC2=O)c2ccc(C3CCN(C(=O)C4CCC(NC(=O)[C@@H]5NC6(CCCCC6)[C@@]6(C(=O)Nc7cc(Cl)ccc76)[C@H]5c5cccc(Cl)c5F)CC4)CC3)cc21. The van der Waals surface area contributed by atoms with Crippen LogP contribution >= 0.6 is 23.2 Å². The van der Waals surface area contributed by atoms with E-state index in [-0.39, 0.29) is 70.6 Å². The zero-order chi connectivity index (χ0) is 44.7. The predicted octanol–water partition coefficient (Wildman–Crippen LogP) is 6.49. The minimum atomic E-state index is -1.31. The molecule has 2 saturated carbocycles. The van der Waals surface area contributed by atoms with E-state index >= 15 is 4.39 Å². The first kappa shape index (κ1) is 42.9. The van der Waals surface area contributed by atoms with Crippen molar-refractivity contribution in [3.63, 3.8) is 0 Å². The first-order chi connectivity index (χ1) is 30.8. The number of hydrogen-bond donors (Lipinski definition) is 4. The van der Waals surface area contributed by atoms with Gasteiger partial charge in [-0.1, -0.05) is 66.7 Å². The summed E-state index contributed by atoms with van der Waals surface area (Å²) >= 11 is 12.8. The van der Waals surface area contributed by atoms with Crippen LogP contribution in [0, 0.1) is 11.7 Å². The summed E-state index contributed by atoms with van der Waals surface area (Å²) in [6.07, 6.45) is 8.39. The van der Waals surface area contributed by atoms with Gasteiger partial charge in [-0.25, -0.2) is 9.18 Å². The number of rotatable bonds is 6. The summed E-state index contributed by atoms with van der Waals surface area (Å²) in [5.41, 5.74) is 1.48. The van der Waals surface area contributed by atoms with E-state index in [1.807, 2.05) is 29.2 Å². The standard InChI is InChI=1S/C48H52Cl2FN7O6/c1-56-37-24-28(10-15-35(37)58(46(56)64)36-16-17-38(59)54-42(36)60)26-18-22-57(23-19-26)44(62)27-8-12-30(13-9-27)52-43(61)41-39(31-6-5-7-33(50)40(31)51)48(47(55-41)20-3-2-4-21-47)32-14-11-29(49)25-34(32)53-45(48)63/h5-7,10-11,14-15,24-27,30,36,39,41,55H,2-4,8-9,12-13,16-23H2,1H3,(H,52,61)(H,53,63)(H,54,59,60)/t27?,30?,36?,39-,41+,48+/m0/s1. The van der Waals surface area contributed by atoms with Crippen LogP contribution in [-0.2, 0) is 36.4 Å². The number of aryl methyl sites for hydroxylation is 1. The molecule has 4 atom stereocenters. The third kappa shape index (κ3) is 6.80. The number of benzene rings is 3. The molecule has 336 valence electrons. The minimum absolute atomic E-state index is 0.0767. The Balaban J connectivity index is 0.815. The summed E-state index contributed by atoms with van der Waals surface area (Å²) in [6.45, 7) is 1.21. The van der Waals surface area contributed by atoms with Crippen LogP contribution in [0.15, 0.2) is 59.4 Å². The number of imide groups is 1. The van der Waals surface area contributed by atoms with Gasteiger partial charge in [-0.15, -0.1) is 0 Å². The average Bonchev–Trinajstić information content (AvgIpc) is 3.84. The quantitative estimate of drug-likeness (QED) is 0.161. The molecule has 0 radical (unpaired) electrons. The second kappa shape index (κ2) is 16.4. The molecular formula is C48H52Cl2FN7O6. The minimum Gasteiger partial charge on any atom is -0.352 e. The van der Waals surface area contributed by atoms with E-state index in [0.29, 0.717) is 73.4 Å². The van der Waals surface area contributed by atoms with Crippen LogP contribution in [0.1, 0.15) is 118 Å². The number of hydrogen-bond acceptors (Lipinski definition) is 7. The molecule has 2 spiro atoms. The van der Waals surface area contributed by atoms with E-state index < -0.39 is 40.7 Å². The lowest BCUT2D eigenvalue weighted by atomic mass is 9.55.